The number of rotatable bonds is 3. The van der Waals surface area contributed by atoms with Crippen LogP contribution in [0.15, 0.2) is 4.52 Å². The van der Waals surface area contributed by atoms with Crippen molar-refractivity contribution in [1.82, 2.24) is 15.0 Å². The molecule has 0 aromatic carbocycles. The van der Waals surface area contributed by atoms with Gasteiger partial charge in [-0.05, 0) is 12.8 Å². The minimum absolute atomic E-state index is 0.147. The Kier molecular flexibility index (Phi) is 3.20. The molecule has 0 saturated carbocycles. The van der Waals surface area contributed by atoms with Gasteiger partial charge in [-0.25, -0.2) is 11.5 Å². The summed E-state index contributed by atoms with van der Waals surface area (Å²) in [6, 6.07) is 0.147. The molecule has 0 bridgehead atoms. The fourth-order valence-electron chi connectivity index (χ4n) is 1.98. The molecule has 0 radical (unpaired) electrons. The Bertz CT molecular complexity index is 393. The fourth-order valence-corrected chi connectivity index (χ4v) is 1.98. The van der Waals surface area contributed by atoms with Crippen molar-refractivity contribution >= 4 is 0 Å². The Morgan fingerprint density at radius 2 is 2.44 bits per heavy atom. The van der Waals surface area contributed by atoms with Crippen molar-refractivity contribution in [3.8, 4) is 0 Å². The molecular formula is C11H16N4O. The maximum absolute atomic E-state index is 6.91. The molecule has 1 aliphatic rings. The van der Waals surface area contributed by atoms with Gasteiger partial charge in [-0.15, -0.1) is 0 Å². The van der Waals surface area contributed by atoms with E-state index in [1.807, 2.05) is 13.8 Å². The Hall–Kier alpha value is -1.41. The molecule has 0 N–H and O–H groups in total. The van der Waals surface area contributed by atoms with Crippen LogP contribution in [0.5, 0.6) is 0 Å². The van der Waals surface area contributed by atoms with E-state index in [4.69, 9.17) is 11.1 Å². The summed E-state index contributed by atoms with van der Waals surface area (Å²) in [6.45, 7) is 12.4. The summed E-state index contributed by atoms with van der Waals surface area (Å²) in [5.74, 6) is 1.71. The minimum atomic E-state index is 0.147. The quantitative estimate of drug-likeness (QED) is 0.733. The van der Waals surface area contributed by atoms with Crippen LogP contribution in [0.25, 0.3) is 4.85 Å². The minimum Gasteiger partial charge on any atom is -0.338 e. The molecule has 1 aromatic heterocycles. The lowest BCUT2D eigenvalue weighted by atomic mass is 10.2. The molecule has 5 heteroatoms. The zero-order valence-corrected chi connectivity index (χ0v) is 9.68. The van der Waals surface area contributed by atoms with Crippen LogP contribution in [-0.2, 0) is 0 Å². The summed E-state index contributed by atoms with van der Waals surface area (Å²) in [6.07, 6.45) is 2.11. The van der Waals surface area contributed by atoms with Crippen molar-refractivity contribution < 1.29 is 4.52 Å². The van der Waals surface area contributed by atoms with Gasteiger partial charge in [0.15, 0.2) is 5.82 Å². The zero-order chi connectivity index (χ0) is 11.5. The topological polar surface area (TPSA) is 46.5 Å². The molecule has 0 aliphatic carbocycles. The molecule has 1 atom stereocenters. The summed E-state index contributed by atoms with van der Waals surface area (Å²) in [4.78, 5) is 9.93. The molecule has 16 heavy (non-hydrogen) atoms. The van der Waals surface area contributed by atoms with Crippen molar-refractivity contribution in [2.75, 3.05) is 13.2 Å². The van der Waals surface area contributed by atoms with Gasteiger partial charge >= 0.3 is 0 Å². The van der Waals surface area contributed by atoms with Crippen LogP contribution < -0.4 is 0 Å². The molecule has 1 aromatic rings. The maximum atomic E-state index is 6.91. The third kappa shape index (κ3) is 2.07. The lowest BCUT2D eigenvalue weighted by Gasteiger charge is -2.14. The van der Waals surface area contributed by atoms with Crippen molar-refractivity contribution in [1.29, 1.82) is 0 Å². The van der Waals surface area contributed by atoms with E-state index in [9.17, 15) is 0 Å². The maximum Gasteiger partial charge on any atom is 0.271 e. The van der Waals surface area contributed by atoms with Gasteiger partial charge in [0.1, 0.15) is 0 Å². The highest BCUT2D eigenvalue weighted by atomic mass is 16.5. The molecule has 2 heterocycles. The van der Waals surface area contributed by atoms with E-state index < -0.39 is 0 Å². The Morgan fingerprint density at radius 3 is 3.06 bits per heavy atom. The molecule has 0 amide bonds. The van der Waals surface area contributed by atoms with Crippen molar-refractivity contribution in [3.63, 3.8) is 0 Å². The van der Waals surface area contributed by atoms with Crippen molar-refractivity contribution in [2.45, 2.75) is 38.6 Å². The van der Waals surface area contributed by atoms with E-state index >= 15 is 0 Å². The molecule has 1 aliphatic heterocycles. The van der Waals surface area contributed by atoms with Gasteiger partial charge < -0.3 is 4.52 Å². The summed E-state index contributed by atoms with van der Waals surface area (Å²) in [5, 5.41) is 3.96. The van der Waals surface area contributed by atoms with Crippen LogP contribution >= 0.6 is 0 Å². The highest BCUT2D eigenvalue weighted by molar-refractivity contribution is 4.99. The van der Waals surface area contributed by atoms with Crippen LogP contribution in [0.2, 0.25) is 0 Å². The second-order valence-electron chi connectivity index (χ2n) is 4.42. The molecular weight excluding hydrogens is 204 g/mol. The average molecular weight is 220 g/mol. The van der Waals surface area contributed by atoms with Gasteiger partial charge in [0, 0.05) is 12.5 Å². The van der Waals surface area contributed by atoms with Gasteiger partial charge in [0.2, 0.25) is 5.89 Å². The Labute approximate surface area is 95.3 Å². The summed E-state index contributed by atoms with van der Waals surface area (Å²) in [7, 11) is 0. The number of nitrogens with zero attached hydrogens (tertiary/aromatic N) is 4. The zero-order valence-electron chi connectivity index (χ0n) is 9.68. The number of hydrogen-bond donors (Lipinski definition) is 0. The third-order valence-corrected chi connectivity index (χ3v) is 2.87. The Morgan fingerprint density at radius 1 is 1.62 bits per heavy atom. The first-order chi connectivity index (χ1) is 7.72. The van der Waals surface area contributed by atoms with Crippen LogP contribution in [0.1, 0.15) is 50.4 Å². The lowest BCUT2D eigenvalue weighted by Crippen LogP contribution is -2.22. The monoisotopic (exact) mass is 220 g/mol. The number of aromatic nitrogens is 2. The van der Waals surface area contributed by atoms with Crippen LogP contribution in [0.3, 0.4) is 0 Å². The predicted molar refractivity (Wildman–Crippen MR) is 58.5 cm³/mol. The van der Waals surface area contributed by atoms with Gasteiger partial charge in [-0.2, -0.15) is 4.98 Å². The first-order valence-corrected chi connectivity index (χ1v) is 5.63. The van der Waals surface area contributed by atoms with E-state index in [1.165, 1.54) is 0 Å². The number of likely N-dealkylation sites (tertiary alicyclic amines) is 1. The smallest absolute Gasteiger partial charge is 0.271 e. The summed E-state index contributed by atoms with van der Waals surface area (Å²) < 4.78 is 5.28. The SMILES string of the molecule is [C-]#[N+]CN1CCCC1c1nc(C(C)C)no1. The standard InChI is InChI=1S/C11H16N4O/c1-8(2)10-13-11(16-14-10)9-5-4-6-15(9)7-12-3/h8-9H,4-7H2,1-2H3. The molecule has 1 unspecified atom stereocenters. The normalized spacial score (nSPS) is 21.5. The predicted octanol–water partition coefficient (Wildman–Crippen LogP) is 2.21. The second-order valence-corrected chi connectivity index (χ2v) is 4.42. The summed E-state index contributed by atoms with van der Waals surface area (Å²) >= 11 is 0. The highest BCUT2D eigenvalue weighted by Gasteiger charge is 2.32. The van der Waals surface area contributed by atoms with E-state index in [0.717, 1.165) is 25.2 Å². The lowest BCUT2D eigenvalue weighted by molar-refractivity contribution is 0.225. The number of hydrogen-bond acceptors (Lipinski definition) is 4. The highest BCUT2D eigenvalue weighted by Crippen LogP contribution is 2.31. The third-order valence-electron chi connectivity index (χ3n) is 2.87. The van der Waals surface area contributed by atoms with E-state index in [2.05, 4.69) is 19.9 Å². The molecule has 5 nitrogen and oxygen atoms in total. The Balaban J connectivity index is 2.13. The molecule has 86 valence electrons. The molecule has 0 spiro atoms. The van der Waals surface area contributed by atoms with Crippen LogP contribution in [-0.4, -0.2) is 28.3 Å². The first kappa shape index (κ1) is 11.1. The van der Waals surface area contributed by atoms with Gasteiger partial charge in [0.05, 0.1) is 6.04 Å². The first-order valence-electron chi connectivity index (χ1n) is 5.63. The average Bonchev–Trinajstić information content (AvgIpc) is 2.84. The molecule has 2 rings (SSSR count). The van der Waals surface area contributed by atoms with E-state index in [0.29, 0.717) is 12.6 Å². The summed E-state index contributed by atoms with van der Waals surface area (Å²) in [5.41, 5.74) is 0. The largest absolute Gasteiger partial charge is 0.338 e. The van der Waals surface area contributed by atoms with Gasteiger partial charge in [-0.1, -0.05) is 19.0 Å². The molecule has 1 fully saturated rings. The van der Waals surface area contributed by atoms with Gasteiger partial charge in [-0.3, -0.25) is 4.85 Å². The van der Waals surface area contributed by atoms with E-state index in [-0.39, 0.29) is 12.0 Å². The second kappa shape index (κ2) is 4.62. The van der Waals surface area contributed by atoms with Crippen LogP contribution in [0.4, 0.5) is 0 Å². The van der Waals surface area contributed by atoms with E-state index in [1.54, 1.807) is 0 Å². The van der Waals surface area contributed by atoms with Crippen molar-refractivity contribution in [2.24, 2.45) is 0 Å². The van der Waals surface area contributed by atoms with Crippen molar-refractivity contribution in [3.05, 3.63) is 23.1 Å². The van der Waals surface area contributed by atoms with Gasteiger partial charge in [0.25, 0.3) is 6.67 Å². The molecule has 1 saturated heterocycles. The fraction of sp³-hybridized carbons (Fsp3) is 0.727. The van der Waals surface area contributed by atoms with Crippen LogP contribution in [0, 0.1) is 6.57 Å².